The van der Waals surface area contributed by atoms with E-state index in [2.05, 4.69) is 17.6 Å². The SMILES string of the molecule is CCCCCCn1c(SCc2cc(=O)n(C)c(=O)n2C)nc2ccccc21. The van der Waals surface area contributed by atoms with E-state index in [1.165, 1.54) is 36.9 Å². The number of imidazole rings is 1. The zero-order valence-electron chi connectivity index (χ0n) is 16.1. The Bertz CT molecular complexity index is 1050. The van der Waals surface area contributed by atoms with Crippen molar-refractivity contribution in [1.29, 1.82) is 0 Å². The minimum atomic E-state index is -0.300. The molecule has 0 saturated carbocycles. The standard InChI is InChI=1S/C20H26N4O2S/c1-4-5-6-9-12-24-17-11-8-7-10-16(17)21-19(24)27-14-15-13-18(25)23(3)20(26)22(15)2/h7-8,10-11,13H,4-6,9,12,14H2,1-3H3. The molecule has 0 spiro atoms. The van der Waals surface area contributed by atoms with E-state index in [-0.39, 0.29) is 11.2 Å². The number of thioether (sulfide) groups is 1. The molecule has 0 N–H and O–H groups in total. The van der Waals surface area contributed by atoms with Gasteiger partial charge in [0, 0.05) is 38.2 Å². The van der Waals surface area contributed by atoms with Crippen molar-refractivity contribution in [2.75, 3.05) is 0 Å². The summed E-state index contributed by atoms with van der Waals surface area (Å²) in [7, 11) is 3.20. The Morgan fingerprint density at radius 1 is 1.04 bits per heavy atom. The molecule has 0 aliphatic rings. The molecule has 144 valence electrons. The number of nitrogens with zero attached hydrogens (tertiary/aromatic N) is 4. The fourth-order valence-electron chi connectivity index (χ4n) is 3.13. The highest BCUT2D eigenvalue weighted by molar-refractivity contribution is 7.98. The molecule has 1 aromatic carbocycles. The van der Waals surface area contributed by atoms with Crippen LogP contribution in [0.1, 0.15) is 38.3 Å². The number of para-hydroxylation sites is 2. The van der Waals surface area contributed by atoms with Gasteiger partial charge in [-0.15, -0.1) is 0 Å². The Hall–Kier alpha value is -2.28. The van der Waals surface area contributed by atoms with Crippen LogP contribution in [0.3, 0.4) is 0 Å². The molecule has 0 aliphatic heterocycles. The Balaban J connectivity index is 1.86. The second-order valence-electron chi connectivity index (χ2n) is 6.76. The Morgan fingerprint density at radius 3 is 2.59 bits per heavy atom. The van der Waals surface area contributed by atoms with Gasteiger partial charge in [-0.25, -0.2) is 9.78 Å². The molecule has 2 aromatic heterocycles. The maximum atomic E-state index is 12.1. The van der Waals surface area contributed by atoms with Crippen LogP contribution in [0.2, 0.25) is 0 Å². The third kappa shape index (κ3) is 4.18. The summed E-state index contributed by atoms with van der Waals surface area (Å²) in [6, 6.07) is 9.68. The maximum absolute atomic E-state index is 12.1. The predicted molar refractivity (Wildman–Crippen MR) is 110 cm³/mol. The number of aryl methyl sites for hydroxylation is 1. The third-order valence-corrected chi connectivity index (χ3v) is 5.84. The van der Waals surface area contributed by atoms with E-state index < -0.39 is 0 Å². The number of rotatable bonds is 8. The number of fused-ring (bicyclic) bond motifs is 1. The van der Waals surface area contributed by atoms with Crippen LogP contribution in [0.15, 0.2) is 45.1 Å². The first-order valence-electron chi connectivity index (χ1n) is 9.37. The lowest BCUT2D eigenvalue weighted by Crippen LogP contribution is -2.37. The Labute approximate surface area is 162 Å². The molecule has 3 aromatic rings. The molecule has 2 heterocycles. The lowest BCUT2D eigenvalue weighted by molar-refractivity contribution is 0.563. The fourth-order valence-corrected chi connectivity index (χ4v) is 4.19. The van der Waals surface area contributed by atoms with Gasteiger partial charge in [0.05, 0.1) is 11.0 Å². The third-order valence-electron chi connectivity index (χ3n) is 4.83. The molecule has 0 radical (unpaired) electrons. The van der Waals surface area contributed by atoms with Crippen molar-refractivity contribution in [3.63, 3.8) is 0 Å². The number of unbranched alkanes of at least 4 members (excludes halogenated alkanes) is 3. The number of benzene rings is 1. The second kappa shape index (κ2) is 8.61. The van der Waals surface area contributed by atoms with Crippen molar-refractivity contribution in [2.45, 2.75) is 50.1 Å². The highest BCUT2D eigenvalue weighted by Crippen LogP contribution is 2.27. The van der Waals surface area contributed by atoms with E-state index in [9.17, 15) is 9.59 Å². The van der Waals surface area contributed by atoms with Crippen LogP contribution in [-0.4, -0.2) is 18.7 Å². The summed E-state index contributed by atoms with van der Waals surface area (Å²) >= 11 is 1.57. The van der Waals surface area contributed by atoms with Crippen molar-refractivity contribution in [1.82, 2.24) is 18.7 Å². The van der Waals surface area contributed by atoms with Gasteiger partial charge in [0.15, 0.2) is 5.16 Å². The van der Waals surface area contributed by atoms with Gasteiger partial charge >= 0.3 is 5.69 Å². The zero-order valence-corrected chi connectivity index (χ0v) is 17.0. The first-order chi connectivity index (χ1) is 13.0. The second-order valence-corrected chi connectivity index (χ2v) is 7.70. The topological polar surface area (TPSA) is 61.8 Å². The van der Waals surface area contributed by atoms with Crippen molar-refractivity contribution in [2.24, 2.45) is 14.1 Å². The van der Waals surface area contributed by atoms with Gasteiger partial charge in [0.2, 0.25) is 0 Å². The molecule has 0 saturated heterocycles. The molecule has 0 fully saturated rings. The minimum Gasteiger partial charge on any atom is -0.319 e. The quantitative estimate of drug-likeness (QED) is 0.440. The van der Waals surface area contributed by atoms with Gasteiger partial charge in [0.1, 0.15) is 0 Å². The van der Waals surface area contributed by atoms with Gasteiger partial charge in [-0.05, 0) is 18.6 Å². The lowest BCUT2D eigenvalue weighted by Gasteiger charge is -2.11. The average Bonchev–Trinajstić information content (AvgIpc) is 3.03. The summed E-state index contributed by atoms with van der Waals surface area (Å²) in [5, 5.41) is 0.931. The molecule has 27 heavy (non-hydrogen) atoms. The Kier molecular flexibility index (Phi) is 6.21. The van der Waals surface area contributed by atoms with Crippen molar-refractivity contribution < 1.29 is 0 Å². The van der Waals surface area contributed by atoms with Crippen molar-refractivity contribution >= 4 is 22.8 Å². The van der Waals surface area contributed by atoms with E-state index in [0.29, 0.717) is 11.4 Å². The molecule has 0 bridgehead atoms. The summed E-state index contributed by atoms with van der Waals surface area (Å²) in [6.45, 7) is 3.14. The minimum absolute atomic E-state index is 0.276. The van der Waals surface area contributed by atoms with Crippen LogP contribution in [0.5, 0.6) is 0 Å². The molecular weight excluding hydrogens is 360 g/mol. The summed E-state index contributed by atoms with van der Waals surface area (Å²) in [5.74, 6) is 0.528. The summed E-state index contributed by atoms with van der Waals surface area (Å²) in [6.07, 6.45) is 4.77. The smallest absolute Gasteiger partial charge is 0.319 e. The number of aromatic nitrogens is 4. The van der Waals surface area contributed by atoms with Gasteiger partial charge < -0.3 is 4.57 Å². The van der Waals surface area contributed by atoms with Crippen LogP contribution in [0.25, 0.3) is 11.0 Å². The summed E-state index contributed by atoms with van der Waals surface area (Å²) in [4.78, 5) is 28.9. The fraction of sp³-hybridized carbons (Fsp3) is 0.450. The number of hydrogen-bond acceptors (Lipinski definition) is 4. The monoisotopic (exact) mass is 386 g/mol. The summed E-state index contributed by atoms with van der Waals surface area (Å²) in [5.41, 5.74) is 2.24. The van der Waals surface area contributed by atoms with Crippen LogP contribution >= 0.6 is 11.8 Å². The van der Waals surface area contributed by atoms with E-state index >= 15 is 0 Å². The van der Waals surface area contributed by atoms with Crippen LogP contribution in [0.4, 0.5) is 0 Å². The van der Waals surface area contributed by atoms with E-state index in [1.54, 1.807) is 18.8 Å². The molecular formula is C20H26N4O2S. The molecule has 0 unspecified atom stereocenters. The maximum Gasteiger partial charge on any atom is 0.330 e. The first kappa shape index (κ1) is 19.5. The predicted octanol–water partition coefficient (Wildman–Crippen LogP) is 3.31. The molecule has 3 rings (SSSR count). The molecule has 0 atom stereocenters. The highest BCUT2D eigenvalue weighted by atomic mass is 32.2. The van der Waals surface area contributed by atoms with Gasteiger partial charge in [0.25, 0.3) is 5.56 Å². The van der Waals surface area contributed by atoms with E-state index in [1.807, 2.05) is 18.2 Å². The average molecular weight is 387 g/mol. The van der Waals surface area contributed by atoms with Gasteiger partial charge in [-0.2, -0.15) is 0 Å². The van der Waals surface area contributed by atoms with Crippen LogP contribution in [0, 0.1) is 0 Å². The largest absolute Gasteiger partial charge is 0.330 e. The molecule has 0 amide bonds. The van der Waals surface area contributed by atoms with Gasteiger partial charge in [-0.1, -0.05) is 50.1 Å². The van der Waals surface area contributed by atoms with Gasteiger partial charge in [-0.3, -0.25) is 13.9 Å². The summed E-state index contributed by atoms with van der Waals surface area (Å²) < 4.78 is 4.91. The van der Waals surface area contributed by atoms with E-state index in [4.69, 9.17) is 4.98 Å². The normalized spacial score (nSPS) is 11.4. The number of hydrogen-bond donors (Lipinski definition) is 0. The van der Waals surface area contributed by atoms with E-state index in [0.717, 1.165) is 33.7 Å². The Morgan fingerprint density at radius 2 is 1.81 bits per heavy atom. The highest BCUT2D eigenvalue weighted by Gasteiger charge is 2.13. The van der Waals surface area contributed by atoms with Crippen molar-refractivity contribution in [3.05, 3.63) is 56.9 Å². The molecule has 7 heteroatoms. The lowest BCUT2D eigenvalue weighted by atomic mass is 10.2. The van der Waals surface area contributed by atoms with Crippen LogP contribution in [-0.2, 0) is 26.4 Å². The molecule has 0 aliphatic carbocycles. The van der Waals surface area contributed by atoms with Crippen molar-refractivity contribution in [3.8, 4) is 0 Å². The zero-order chi connectivity index (χ0) is 19.4. The van der Waals surface area contributed by atoms with Crippen LogP contribution < -0.4 is 11.2 Å². The molecule has 6 nitrogen and oxygen atoms in total. The first-order valence-corrected chi connectivity index (χ1v) is 10.4.